The molecule has 0 fully saturated rings. The molecule has 5 heteroatoms. The molecule has 1 N–H and O–H groups in total. The lowest BCUT2D eigenvalue weighted by Crippen LogP contribution is -2.32. The molecule has 0 saturated carbocycles. The average Bonchev–Trinajstić information content (AvgIpc) is 3.15. The van der Waals surface area contributed by atoms with Gasteiger partial charge in [0.25, 0.3) is 0 Å². The van der Waals surface area contributed by atoms with E-state index in [4.69, 9.17) is 10.3 Å². The van der Waals surface area contributed by atoms with Crippen LogP contribution in [0, 0.1) is 23.0 Å². The molecule has 1 aliphatic rings. The SMILES string of the molecule is N#Cc1cccc(C2=NC(c3cccc(F)c3)(c3cccc(F)c3)CN2)c1. The summed E-state index contributed by atoms with van der Waals surface area (Å²) in [6, 6.07) is 21.6. The molecule has 0 aliphatic carbocycles. The van der Waals surface area contributed by atoms with E-state index in [0.29, 0.717) is 29.1 Å². The van der Waals surface area contributed by atoms with Crippen LogP contribution in [0.1, 0.15) is 22.3 Å². The molecule has 0 atom stereocenters. The van der Waals surface area contributed by atoms with Crippen molar-refractivity contribution in [2.75, 3.05) is 6.54 Å². The van der Waals surface area contributed by atoms with Gasteiger partial charge in [0, 0.05) is 12.1 Å². The number of hydrogen-bond acceptors (Lipinski definition) is 3. The van der Waals surface area contributed by atoms with Gasteiger partial charge in [-0.3, -0.25) is 0 Å². The van der Waals surface area contributed by atoms with Gasteiger partial charge in [0.2, 0.25) is 0 Å². The molecule has 3 aromatic carbocycles. The van der Waals surface area contributed by atoms with Crippen LogP contribution in [-0.2, 0) is 5.54 Å². The van der Waals surface area contributed by atoms with Gasteiger partial charge in [-0.15, -0.1) is 0 Å². The highest BCUT2D eigenvalue weighted by Gasteiger charge is 2.39. The molecule has 1 aliphatic heterocycles. The van der Waals surface area contributed by atoms with Gasteiger partial charge in [-0.2, -0.15) is 5.26 Å². The summed E-state index contributed by atoms with van der Waals surface area (Å²) in [4.78, 5) is 4.85. The summed E-state index contributed by atoms with van der Waals surface area (Å²) < 4.78 is 27.9. The predicted octanol–water partition coefficient (Wildman–Crippen LogP) is 4.13. The van der Waals surface area contributed by atoms with Crippen LogP contribution in [0.3, 0.4) is 0 Å². The fraction of sp³-hybridized carbons (Fsp3) is 0.0909. The Morgan fingerprint density at radius 2 is 1.52 bits per heavy atom. The van der Waals surface area contributed by atoms with Crippen molar-refractivity contribution in [2.45, 2.75) is 5.54 Å². The van der Waals surface area contributed by atoms with Crippen molar-refractivity contribution in [1.29, 1.82) is 5.26 Å². The molecule has 0 radical (unpaired) electrons. The van der Waals surface area contributed by atoms with Crippen LogP contribution in [0.5, 0.6) is 0 Å². The van der Waals surface area contributed by atoms with Crippen molar-refractivity contribution in [3.8, 4) is 6.07 Å². The van der Waals surface area contributed by atoms with Crippen molar-refractivity contribution >= 4 is 5.84 Å². The fourth-order valence-corrected chi connectivity index (χ4v) is 3.38. The summed E-state index contributed by atoms with van der Waals surface area (Å²) in [5.74, 6) is -0.169. The zero-order chi connectivity index (χ0) is 18.9. The van der Waals surface area contributed by atoms with Crippen LogP contribution >= 0.6 is 0 Å². The number of nitrogens with one attached hydrogen (secondary N) is 1. The summed E-state index contributed by atoms with van der Waals surface area (Å²) >= 11 is 0. The molecule has 1 heterocycles. The Morgan fingerprint density at radius 3 is 2.11 bits per heavy atom. The largest absolute Gasteiger partial charge is 0.367 e. The molecule has 3 aromatic rings. The molecule has 27 heavy (non-hydrogen) atoms. The van der Waals surface area contributed by atoms with Gasteiger partial charge in [0.15, 0.2) is 0 Å². The van der Waals surface area contributed by atoms with Crippen LogP contribution in [0.4, 0.5) is 8.78 Å². The molecule has 0 spiro atoms. The first kappa shape index (κ1) is 16.9. The topological polar surface area (TPSA) is 48.2 Å². The van der Waals surface area contributed by atoms with Crippen LogP contribution in [-0.4, -0.2) is 12.4 Å². The van der Waals surface area contributed by atoms with E-state index in [1.807, 2.05) is 6.07 Å². The Morgan fingerprint density at radius 1 is 0.889 bits per heavy atom. The third-order valence-corrected chi connectivity index (χ3v) is 4.68. The molecule has 0 aromatic heterocycles. The molecule has 0 unspecified atom stereocenters. The highest BCUT2D eigenvalue weighted by Crippen LogP contribution is 2.37. The second-order valence-electron chi connectivity index (χ2n) is 6.39. The van der Waals surface area contributed by atoms with E-state index in [2.05, 4.69) is 11.4 Å². The van der Waals surface area contributed by atoms with Crippen LogP contribution in [0.15, 0.2) is 77.8 Å². The minimum atomic E-state index is -0.956. The Hall–Kier alpha value is -3.52. The number of benzene rings is 3. The minimum Gasteiger partial charge on any atom is -0.367 e. The molecular weight excluding hydrogens is 344 g/mol. The van der Waals surface area contributed by atoms with Gasteiger partial charge >= 0.3 is 0 Å². The summed E-state index contributed by atoms with van der Waals surface area (Å²) in [5, 5.41) is 12.4. The third kappa shape index (κ3) is 3.06. The summed E-state index contributed by atoms with van der Waals surface area (Å²) in [7, 11) is 0. The Kier molecular flexibility index (Phi) is 4.17. The van der Waals surface area contributed by atoms with Crippen molar-refractivity contribution in [2.24, 2.45) is 4.99 Å². The predicted molar refractivity (Wildman–Crippen MR) is 99.3 cm³/mol. The lowest BCUT2D eigenvalue weighted by molar-refractivity contribution is 0.548. The number of amidine groups is 1. The molecule has 0 saturated heterocycles. The normalized spacial score (nSPS) is 14.9. The maximum absolute atomic E-state index is 13.9. The standard InChI is InChI=1S/C22H15F2N3/c23-19-8-2-6-17(11-19)22(18-7-3-9-20(24)12-18)14-26-21(27-22)16-5-1-4-15(10-16)13-25/h1-12H,14H2,(H,26,27). The van der Waals surface area contributed by atoms with E-state index < -0.39 is 5.54 Å². The molecule has 132 valence electrons. The van der Waals surface area contributed by atoms with Crippen molar-refractivity contribution in [3.63, 3.8) is 0 Å². The van der Waals surface area contributed by atoms with E-state index in [9.17, 15) is 8.78 Å². The third-order valence-electron chi connectivity index (χ3n) is 4.68. The lowest BCUT2D eigenvalue weighted by atomic mass is 9.84. The van der Waals surface area contributed by atoms with Gasteiger partial charge < -0.3 is 5.32 Å². The second-order valence-corrected chi connectivity index (χ2v) is 6.39. The lowest BCUT2D eigenvalue weighted by Gasteiger charge is -2.26. The van der Waals surface area contributed by atoms with Crippen molar-refractivity contribution in [3.05, 3.63) is 107 Å². The van der Waals surface area contributed by atoms with E-state index in [1.165, 1.54) is 24.3 Å². The fourth-order valence-electron chi connectivity index (χ4n) is 3.38. The number of halogens is 2. The van der Waals surface area contributed by atoms with Gasteiger partial charge in [0.05, 0.1) is 11.6 Å². The zero-order valence-electron chi connectivity index (χ0n) is 14.3. The second kappa shape index (κ2) is 6.65. The maximum atomic E-state index is 13.9. The van der Waals surface area contributed by atoms with Crippen molar-refractivity contribution in [1.82, 2.24) is 5.32 Å². The molecule has 4 rings (SSSR count). The van der Waals surface area contributed by atoms with E-state index >= 15 is 0 Å². The van der Waals surface area contributed by atoms with Crippen LogP contribution in [0.2, 0.25) is 0 Å². The zero-order valence-corrected chi connectivity index (χ0v) is 14.3. The Balaban J connectivity index is 1.90. The number of nitrogens with zero attached hydrogens (tertiary/aromatic N) is 2. The first-order valence-electron chi connectivity index (χ1n) is 8.47. The summed E-state index contributed by atoms with van der Waals surface area (Å²) in [6.45, 7) is 0.353. The van der Waals surface area contributed by atoms with E-state index in [1.54, 1.807) is 42.5 Å². The average molecular weight is 359 g/mol. The minimum absolute atomic E-state index is 0.353. The maximum Gasteiger partial charge on any atom is 0.130 e. The quantitative estimate of drug-likeness (QED) is 0.764. The molecular formula is C22H15F2N3. The number of rotatable bonds is 3. The Bertz CT molecular complexity index is 1040. The molecule has 0 bridgehead atoms. The smallest absolute Gasteiger partial charge is 0.130 e. The highest BCUT2D eigenvalue weighted by molar-refractivity contribution is 6.01. The van der Waals surface area contributed by atoms with Crippen molar-refractivity contribution < 1.29 is 8.78 Å². The van der Waals surface area contributed by atoms with Crippen LogP contribution < -0.4 is 5.32 Å². The first-order valence-corrected chi connectivity index (χ1v) is 8.47. The first-order chi connectivity index (χ1) is 13.1. The van der Waals surface area contributed by atoms with Gasteiger partial charge in [0.1, 0.15) is 23.0 Å². The number of hydrogen-bond donors (Lipinski definition) is 1. The van der Waals surface area contributed by atoms with E-state index in [-0.39, 0.29) is 11.6 Å². The summed E-state index contributed by atoms with van der Waals surface area (Å²) in [5.41, 5.74) is 1.58. The summed E-state index contributed by atoms with van der Waals surface area (Å²) in [6.07, 6.45) is 0. The van der Waals surface area contributed by atoms with Gasteiger partial charge in [-0.05, 0) is 47.5 Å². The number of nitriles is 1. The van der Waals surface area contributed by atoms with Gasteiger partial charge in [-0.1, -0.05) is 36.4 Å². The Labute approximate surface area is 155 Å². The highest BCUT2D eigenvalue weighted by atomic mass is 19.1. The number of aliphatic imine (C=N–C) groups is 1. The van der Waals surface area contributed by atoms with Crippen LogP contribution in [0.25, 0.3) is 0 Å². The monoisotopic (exact) mass is 359 g/mol. The molecule has 0 amide bonds. The van der Waals surface area contributed by atoms with Gasteiger partial charge in [-0.25, -0.2) is 13.8 Å². The molecule has 3 nitrogen and oxygen atoms in total. The van der Waals surface area contributed by atoms with E-state index in [0.717, 1.165) is 5.56 Å².